The van der Waals surface area contributed by atoms with Gasteiger partial charge in [0.1, 0.15) is 5.15 Å². The molecule has 0 bridgehead atoms. The van der Waals surface area contributed by atoms with E-state index in [2.05, 4.69) is 9.97 Å². The molecule has 0 spiro atoms. The average molecular weight is 385 g/mol. The molecule has 1 atom stereocenters. The summed E-state index contributed by atoms with van der Waals surface area (Å²) in [5, 5.41) is 2.07. The molecule has 8 heteroatoms. The highest BCUT2D eigenvalue weighted by Gasteiger charge is 2.24. The van der Waals surface area contributed by atoms with Gasteiger partial charge in [0.2, 0.25) is 0 Å². The van der Waals surface area contributed by atoms with Crippen LogP contribution >= 0.6 is 11.6 Å². The van der Waals surface area contributed by atoms with E-state index in [1.165, 1.54) is 12.6 Å². The second-order valence-electron chi connectivity index (χ2n) is 6.95. The van der Waals surface area contributed by atoms with E-state index in [0.717, 1.165) is 23.8 Å². The van der Waals surface area contributed by atoms with Crippen LogP contribution in [0.2, 0.25) is 5.15 Å². The van der Waals surface area contributed by atoms with Crippen molar-refractivity contribution in [3.63, 3.8) is 0 Å². The Morgan fingerprint density at radius 1 is 1.36 bits per heavy atom. The summed E-state index contributed by atoms with van der Waals surface area (Å²) in [5.74, 6) is 0. The van der Waals surface area contributed by atoms with Gasteiger partial charge in [-0.15, -0.1) is 0 Å². The van der Waals surface area contributed by atoms with Gasteiger partial charge in [0.25, 0.3) is 5.56 Å². The topological polar surface area (TPSA) is 92.1 Å². The lowest BCUT2D eigenvalue weighted by atomic mass is 9.93. The molecule has 1 saturated carbocycles. The Morgan fingerprint density at radius 2 is 2.00 bits per heavy atom. The van der Waals surface area contributed by atoms with Crippen molar-refractivity contribution >= 4 is 33.4 Å². The molecule has 0 radical (unpaired) electrons. The first-order valence-corrected chi connectivity index (χ1v) is 9.70. The van der Waals surface area contributed by atoms with E-state index >= 15 is 0 Å². The van der Waals surface area contributed by atoms with E-state index < -0.39 is 16.5 Å². The highest BCUT2D eigenvalue weighted by Crippen LogP contribution is 2.25. The van der Waals surface area contributed by atoms with Crippen LogP contribution in [0, 0.1) is 0 Å². The highest BCUT2D eigenvalue weighted by molar-refractivity contribution is 7.83. The maximum Gasteiger partial charge on any atom is 0.257 e. The number of fused-ring (bicyclic) bond motifs is 1. The van der Waals surface area contributed by atoms with Crippen LogP contribution in [0.15, 0.2) is 23.3 Å². The third-order valence-corrected chi connectivity index (χ3v) is 6.11. The molecule has 2 aromatic heterocycles. The van der Waals surface area contributed by atoms with Crippen molar-refractivity contribution < 1.29 is 4.21 Å². The van der Waals surface area contributed by atoms with Crippen molar-refractivity contribution in [1.82, 2.24) is 14.3 Å². The first kappa shape index (κ1) is 20.0. The Labute approximate surface area is 155 Å². The van der Waals surface area contributed by atoms with Gasteiger partial charge in [-0.25, -0.2) is 13.5 Å². The number of aromatic amines is 1. The smallest absolute Gasteiger partial charge is 0.257 e. The number of nitrogens with zero attached hydrogens (tertiary/aromatic N) is 2. The fraction of sp³-hybridized carbons (Fsp3) is 0.529. The first-order chi connectivity index (χ1) is 11.6. The Kier molecular flexibility index (Phi) is 6.37. The van der Waals surface area contributed by atoms with Crippen LogP contribution in [0.3, 0.4) is 0 Å². The molecule has 138 valence electrons. The normalized spacial score (nSPS) is 16.3. The lowest BCUT2D eigenvalue weighted by Crippen LogP contribution is -2.32. The lowest BCUT2D eigenvalue weighted by Gasteiger charge is -2.26. The monoisotopic (exact) mass is 384 g/mol. The molecule has 0 aliphatic heterocycles. The highest BCUT2D eigenvalue weighted by atomic mass is 35.5. The van der Waals surface area contributed by atoms with Gasteiger partial charge in [0.05, 0.1) is 16.4 Å². The fourth-order valence-electron chi connectivity index (χ4n) is 2.53. The molecule has 3 rings (SSSR count). The molecule has 0 amide bonds. The molecule has 3 N–H and O–H groups in total. The third kappa shape index (κ3) is 4.88. The summed E-state index contributed by atoms with van der Waals surface area (Å²) in [6.45, 7) is 3.74. The molecular weight excluding hydrogens is 360 g/mol. The van der Waals surface area contributed by atoms with Gasteiger partial charge in [0.15, 0.2) is 0 Å². The van der Waals surface area contributed by atoms with Crippen LogP contribution in [0.5, 0.6) is 0 Å². The molecule has 6 nitrogen and oxygen atoms in total. The van der Waals surface area contributed by atoms with Crippen LogP contribution in [0.1, 0.15) is 38.7 Å². The number of hydrogen-bond acceptors (Lipinski definition) is 4. The Morgan fingerprint density at radius 3 is 2.44 bits per heavy atom. The van der Waals surface area contributed by atoms with Crippen molar-refractivity contribution in [1.29, 1.82) is 0 Å². The summed E-state index contributed by atoms with van der Waals surface area (Å²) < 4.78 is 13.0. The maximum atomic E-state index is 11.6. The summed E-state index contributed by atoms with van der Waals surface area (Å²) in [6, 6.07) is 1.66. The van der Waals surface area contributed by atoms with Gasteiger partial charge in [-0.1, -0.05) is 18.0 Å². The standard InChI is InChI=1S/C11H12ClN3O.C6H13NOS/c1-11(2,13)8-5-15-10(16)7-4-14-9(12)3-6(7)8;1-7(2)9(8)6-4-3-5-6/h3-5H,13H2,1-2H3,(H,15,16);6H,3-5H2,1-2H3. The zero-order chi connectivity index (χ0) is 18.8. The number of rotatable bonds is 3. The Bertz CT molecular complexity index is 825. The van der Waals surface area contributed by atoms with Crippen LogP contribution < -0.4 is 11.3 Å². The molecule has 1 aliphatic rings. The van der Waals surface area contributed by atoms with Gasteiger partial charge in [-0.3, -0.25) is 4.79 Å². The number of halogens is 1. The Balaban J connectivity index is 0.000000212. The predicted molar refractivity (Wildman–Crippen MR) is 104 cm³/mol. The minimum atomic E-state index is -0.696. The number of nitrogens with two attached hydrogens (primary N) is 1. The third-order valence-electron chi connectivity index (χ3n) is 4.14. The summed E-state index contributed by atoms with van der Waals surface area (Å²) in [6.07, 6.45) is 6.67. The molecule has 1 unspecified atom stereocenters. The van der Waals surface area contributed by atoms with E-state index in [-0.39, 0.29) is 5.56 Å². The number of pyridine rings is 2. The summed E-state index contributed by atoms with van der Waals surface area (Å²) in [4.78, 5) is 18.1. The molecule has 2 heterocycles. The first-order valence-electron chi connectivity index (χ1n) is 8.15. The molecule has 25 heavy (non-hydrogen) atoms. The molecule has 1 fully saturated rings. The maximum absolute atomic E-state index is 11.6. The van der Waals surface area contributed by atoms with Gasteiger partial charge in [0, 0.05) is 23.2 Å². The molecule has 2 aromatic rings. The molecule has 0 aromatic carbocycles. The number of hydrogen-bond donors (Lipinski definition) is 2. The Hall–Kier alpha value is -1.28. The molecule has 0 saturated heterocycles. The minimum absolute atomic E-state index is 0.188. The van der Waals surface area contributed by atoms with E-state index in [1.54, 1.807) is 16.6 Å². The minimum Gasteiger partial charge on any atom is -0.328 e. The van der Waals surface area contributed by atoms with E-state index in [4.69, 9.17) is 17.3 Å². The number of nitrogens with one attached hydrogen (secondary N) is 1. The second kappa shape index (κ2) is 7.95. The van der Waals surface area contributed by atoms with Crippen LogP contribution in [-0.2, 0) is 16.5 Å². The molecular formula is C17H25ClN4O2S. The molecule has 1 aliphatic carbocycles. The SMILES string of the molecule is CC(C)(N)c1c[nH]c(=O)c2cnc(Cl)cc12.CN(C)S(=O)C1CCC1. The summed E-state index contributed by atoms with van der Waals surface area (Å²) in [5.41, 5.74) is 6.14. The van der Waals surface area contributed by atoms with E-state index in [0.29, 0.717) is 15.8 Å². The van der Waals surface area contributed by atoms with Gasteiger partial charge >= 0.3 is 0 Å². The lowest BCUT2D eigenvalue weighted by molar-refractivity contribution is 0.480. The zero-order valence-electron chi connectivity index (χ0n) is 15.0. The zero-order valence-corrected chi connectivity index (χ0v) is 16.6. The van der Waals surface area contributed by atoms with Crippen LogP contribution in [0.4, 0.5) is 0 Å². The van der Waals surface area contributed by atoms with Gasteiger partial charge < -0.3 is 10.7 Å². The van der Waals surface area contributed by atoms with Crippen molar-refractivity contribution in [3.05, 3.63) is 39.5 Å². The largest absolute Gasteiger partial charge is 0.328 e. The van der Waals surface area contributed by atoms with Gasteiger partial charge in [-0.05, 0) is 57.8 Å². The summed E-state index contributed by atoms with van der Waals surface area (Å²) in [7, 11) is 3.04. The van der Waals surface area contributed by atoms with E-state index in [1.807, 2.05) is 27.9 Å². The second-order valence-corrected chi connectivity index (χ2v) is 9.28. The van der Waals surface area contributed by atoms with Crippen LogP contribution in [-0.4, -0.2) is 37.8 Å². The van der Waals surface area contributed by atoms with Crippen molar-refractivity contribution in [2.24, 2.45) is 5.73 Å². The van der Waals surface area contributed by atoms with Gasteiger partial charge in [-0.2, -0.15) is 0 Å². The van der Waals surface area contributed by atoms with Crippen molar-refractivity contribution in [2.45, 2.75) is 43.9 Å². The average Bonchev–Trinajstić information content (AvgIpc) is 2.44. The van der Waals surface area contributed by atoms with Crippen molar-refractivity contribution in [2.75, 3.05) is 14.1 Å². The van der Waals surface area contributed by atoms with E-state index in [9.17, 15) is 9.00 Å². The predicted octanol–water partition coefficient (Wildman–Crippen LogP) is 2.53. The number of H-pyrrole nitrogens is 1. The fourth-order valence-corrected chi connectivity index (χ4v) is 4.02. The van der Waals surface area contributed by atoms with Crippen LogP contribution in [0.25, 0.3) is 10.8 Å². The number of aromatic nitrogens is 2. The van der Waals surface area contributed by atoms with Crippen molar-refractivity contribution in [3.8, 4) is 0 Å². The quantitative estimate of drug-likeness (QED) is 0.795. The summed E-state index contributed by atoms with van der Waals surface area (Å²) >= 11 is 5.83.